The Kier molecular flexibility index (Phi) is 5.81. The molecule has 0 aliphatic rings. The van der Waals surface area contributed by atoms with Crippen LogP contribution in [0.25, 0.3) is 0 Å². The summed E-state index contributed by atoms with van der Waals surface area (Å²) in [4.78, 5) is 17.3. The van der Waals surface area contributed by atoms with E-state index in [9.17, 15) is 13.6 Å². The second kappa shape index (κ2) is 8.26. The lowest BCUT2D eigenvalue weighted by atomic mass is 10.1. The van der Waals surface area contributed by atoms with Crippen molar-refractivity contribution in [2.24, 2.45) is 0 Å². The zero-order chi connectivity index (χ0) is 19.4. The van der Waals surface area contributed by atoms with E-state index in [2.05, 4.69) is 22.5 Å². The molecule has 3 rings (SSSR count). The maximum Gasteiger partial charge on any atom is 0.263 e. The lowest BCUT2D eigenvalue weighted by Crippen LogP contribution is -2.22. The van der Waals surface area contributed by atoms with Gasteiger partial charge < -0.3 is 10.6 Å². The molecule has 0 saturated carbocycles. The number of para-hydroxylation sites is 1. The lowest BCUT2D eigenvalue weighted by Gasteiger charge is -2.07. The van der Waals surface area contributed by atoms with Crippen molar-refractivity contribution in [1.29, 1.82) is 0 Å². The molecule has 0 radical (unpaired) electrons. The van der Waals surface area contributed by atoms with Crippen LogP contribution < -0.4 is 10.6 Å². The van der Waals surface area contributed by atoms with E-state index in [4.69, 9.17) is 0 Å². The third-order valence-electron chi connectivity index (χ3n) is 4.02. The molecule has 140 valence electrons. The van der Waals surface area contributed by atoms with Crippen molar-refractivity contribution in [2.75, 3.05) is 5.32 Å². The highest BCUT2D eigenvalue weighted by Crippen LogP contribution is 2.27. The number of benzene rings is 2. The Morgan fingerprint density at radius 1 is 1.15 bits per heavy atom. The summed E-state index contributed by atoms with van der Waals surface area (Å²) in [5, 5.41) is 6.56. The van der Waals surface area contributed by atoms with Crippen LogP contribution in [0.1, 0.15) is 33.4 Å². The molecule has 0 bridgehead atoms. The van der Waals surface area contributed by atoms with Gasteiger partial charge in [-0.2, -0.15) is 0 Å². The Bertz CT molecular complexity index is 951. The Morgan fingerprint density at radius 2 is 1.85 bits per heavy atom. The van der Waals surface area contributed by atoms with Crippen molar-refractivity contribution in [3.8, 4) is 0 Å². The first-order chi connectivity index (χ1) is 13.0. The van der Waals surface area contributed by atoms with Gasteiger partial charge in [0.25, 0.3) is 5.91 Å². The molecular formula is C20H19F2N3OS. The fraction of sp³-hybridized carbons (Fsp3) is 0.200. The fourth-order valence-corrected chi connectivity index (χ4v) is 3.60. The van der Waals surface area contributed by atoms with Crippen molar-refractivity contribution < 1.29 is 13.6 Å². The van der Waals surface area contributed by atoms with Crippen LogP contribution in [0.15, 0.2) is 42.5 Å². The summed E-state index contributed by atoms with van der Waals surface area (Å²) in [7, 11) is 0. The van der Waals surface area contributed by atoms with Gasteiger partial charge in [-0.1, -0.05) is 36.5 Å². The van der Waals surface area contributed by atoms with Gasteiger partial charge in [0.05, 0.1) is 5.69 Å². The Labute approximate surface area is 160 Å². The molecule has 0 unspecified atom stereocenters. The predicted molar refractivity (Wildman–Crippen MR) is 103 cm³/mol. The molecule has 1 heterocycles. The number of amides is 1. The molecule has 0 saturated heterocycles. The molecule has 0 fully saturated rings. The lowest BCUT2D eigenvalue weighted by molar-refractivity contribution is 0.0954. The molecule has 4 nitrogen and oxygen atoms in total. The molecule has 0 spiro atoms. The number of halogens is 2. The molecule has 1 aromatic heterocycles. The van der Waals surface area contributed by atoms with E-state index in [1.165, 1.54) is 23.5 Å². The standard InChI is InChI=1S/C20H19F2N3OS/c1-3-14-6-4-5-7-17(14)25-20-24-12(2)18(27-20)19(26)23-11-13-8-15(21)10-16(22)9-13/h4-10H,3,11H2,1-2H3,(H,23,26)(H,24,25). The van der Waals surface area contributed by atoms with E-state index >= 15 is 0 Å². The maximum absolute atomic E-state index is 13.2. The molecule has 0 aliphatic heterocycles. The van der Waals surface area contributed by atoms with E-state index in [0.29, 0.717) is 21.3 Å². The van der Waals surface area contributed by atoms with Gasteiger partial charge in [0.2, 0.25) is 0 Å². The summed E-state index contributed by atoms with van der Waals surface area (Å²) in [5.74, 6) is -1.67. The number of anilines is 2. The molecule has 3 aromatic rings. The summed E-state index contributed by atoms with van der Waals surface area (Å²) < 4.78 is 26.5. The molecule has 0 aliphatic carbocycles. The topological polar surface area (TPSA) is 54.0 Å². The summed E-state index contributed by atoms with van der Waals surface area (Å²) in [6.45, 7) is 3.86. The number of carbonyl (C=O) groups is 1. The minimum absolute atomic E-state index is 0.0340. The van der Waals surface area contributed by atoms with Crippen molar-refractivity contribution in [2.45, 2.75) is 26.8 Å². The zero-order valence-corrected chi connectivity index (χ0v) is 15.8. The first kappa shape index (κ1) is 19.0. The van der Waals surface area contributed by atoms with Gasteiger partial charge in [0, 0.05) is 18.3 Å². The van der Waals surface area contributed by atoms with Gasteiger partial charge in [0.15, 0.2) is 5.13 Å². The molecular weight excluding hydrogens is 368 g/mol. The van der Waals surface area contributed by atoms with E-state index in [0.717, 1.165) is 23.7 Å². The van der Waals surface area contributed by atoms with Crippen LogP contribution in [0.5, 0.6) is 0 Å². The highest BCUT2D eigenvalue weighted by Gasteiger charge is 2.16. The van der Waals surface area contributed by atoms with E-state index in [1.807, 2.05) is 24.3 Å². The van der Waals surface area contributed by atoms with Crippen molar-refractivity contribution in [1.82, 2.24) is 10.3 Å². The van der Waals surface area contributed by atoms with Crippen molar-refractivity contribution >= 4 is 28.1 Å². The number of hydrogen-bond acceptors (Lipinski definition) is 4. The van der Waals surface area contributed by atoms with Crippen molar-refractivity contribution in [3.05, 3.63) is 75.8 Å². The normalized spacial score (nSPS) is 10.7. The number of carbonyl (C=O) groups excluding carboxylic acids is 1. The Morgan fingerprint density at radius 3 is 2.56 bits per heavy atom. The summed E-state index contributed by atoms with van der Waals surface area (Å²) in [6.07, 6.45) is 0.880. The summed E-state index contributed by atoms with van der Waals surface area (Å²) in [5.41, 5.74) is 3.07. The minimum Gasteiger partial charge on any atom is -0.347 e. The largest absolute Gasteiger partial charge is 0.347 e. The molecule has 1 amide bonds. The SMILES string of the molecule is CCc1ccccc1Nc1nc(C)c(C(=O)NCc2cc(F)cc(F)c2)s1. The van der Waals surface area contributed by atoms with Gasteiger partial charge in [-0.3, -0.25) is 4.79 Å². The zero-order valence-electron chi connectivity index (χ0n) is 15.0. The van der Waals surface area contributed by atoms with Crippen LogP contribution in [0, 0.1) is 18.6 Å². The summed E-state index contributed by atoms with van der Waals surface area (Å²) in [6, 6.07) is 11.1. The van der Waals surface area contributed by atoms with E-state index in [1.54, 1.807) is 6.92 Å². The minimum atomic E-state index is -0.672. The van der Waals surface area contributed by atoms with Crippen LogP contribution in [-0.2, 0) is 13.0 Å². The highest BCUT2D eigenvalue weighted by atomic mass is 32.1. The first-order valence-electron chi connectivity index (χ1n) is 8.51. The summed E-state index contributed by atoms with van der Waals surface area (Å²) >= 11 is 1.24. The van der Waals surface area contributed by atoms with Crippen LogP contribution in [0.2, 0.25) is 0 Å². The number of nitrogens with one attached hydrogen (secondary N) is 2. The highest BCUT2D eigenvalue weighted by molar-refractivity contribution is 7.17. The maximum atomic E-state index is 13.2. The predicted octanol–water partition coefficient (Wildman–Crippen LogP) is 4.97. The molecule has 2 aromatic carbocycles. The molecule has 27 heavy (non-hydrogen) atoms. The monoisotopic (exact) mass is 387 g/mol. The number of nitrogens with zero attached hydrogens (tertiary/aromatic N) is 1. The average molecular weight is 387 g/mol. The number of aryl methyl sites for hydroxylation is 2. The second-order valence-electron chi connectivity index (χ2n) is 6.03. The second-order valence-corrected chi connectivity index (χ2v) is 7.03. The van der Waals surface area contributed by atoms with Crippen molar-refractivity contribution in [3.63, 3.8) is 0 Å². The molecule has 2 N–H and O–H groups in total. The molecule has 0 atom stereocenters. The number of hydrogen-bond donors (Lipinski definition) is 2. The van der Waals surface area contributed by atoms with Gasteiger partial charge in [-0.15, -0.1) is 0 Å². The van der Waals surface area contributed by atoms with Crippen LogP contribution in [0.3, 0.4) is 0 Å². The first-order valence-corrected chi connectivity index (χ1v) is 9.33. The smallest absolute Gasteiger partial charge is 0.263 e. The number of aromatic nitrogens is 1. The third-order valence-corrected chi connectivity index (χ3v) is 5.09. The average Bonchev–Trinajstić information content (AvgIpc) is 2.99. The Balaban J connectivity index is 1.71. The van der Waals surface area contributed by atoms with Crippen LogP contribution >= 0.6 is 11.3 Å². The number of rotatable bonds is 6. The fourth-order valence-electron chi connectivity index (χ4n) is 2.70. The van der Waals surface area contributed by atoms with Gasteiger partial charge >= 0.3 is 0 Å². The third kappa shape index (κ3) is 4.68. The number of thiazole rings is 1. The van der Waals surface area contributed by atoms with Gasteiger partial charge in [-0.25, -0.2) is 13.8 Å². The Hall–Kier alpha value is -2.80. The molecule has 7 heteroatoms. The van der Waals surface area contributed by atoms with E-state index in [-0.39, 0.29) is 12.5 Å². The van der Waals surface area contributed by atoms with Gasteiger partial charge in [0.1, 0.15) is 16.5 Å². The van der Waals surface area contributed by atoms with Crippen LogP contribution in [-0.4, -0.2) is 10.9 Å². The quantitative estimate of drug-likeness (QED) is 0.628. The van der Waals surface area contributed by atoms with E-state index < -0.39 is 11.6 Å². The van der Waals surface area contributed by atoms with Crippen LogP contribution in [0.4, 0.5) is 19.6 Å². The van der Waals surface area contributed by atoms with Gasteiger partial charge in [-0.05, 0) is 42.7 Å².